The summed E-state index contributed by atoms with van der Waals surface area (Å²) in [5.41, 5.74) is 4.12. The molecule has 0 atom stereocenters. The average molecular weight is 531 g/mol. The number of nitriles is 1. The highest BCUT2D eigenvalue weighted by atomic mass is 16.1. The van der Waals surface area contributed by atoms with Crippen LogP contribution >= 0.6 is 0 Å². The molecule has 4 heterocycles. The van der Waals surface area contributed by atoms with E-state index in [4.69, 9.17) is 10.2 Å². The molecule has 0 radical (unpaired) electrons. The smallest absolute Gasteiger partial charge is 0.268 e. The van der Waals surface area contributed by atoms with E-state index in [1.54, 1.807) is 30.5 Å². The number of nitrogens with one attached hydrogen (secondary N) is 2. The maximum Gasteiger partial charge on any atom is 0.268 e. The van der Waals surface area contributed by atoms with Crippen LogP contribution in [0.2, 0.25) is 0 Å². The number of aromatic nitrogens is 4. The molecule has 2 aliphatic rings. The molecule has 200 valence electrons. The van der Waals surface area contributed by atoms with Crippen molar-refractivity contribution in [1.82, 2.24) is 24.8 Å². The molecule has 9 heteroatoms. The van der Waals surface area contributed by atoms with Crippen molar-refractivity contribution >= 4 is 28.5 Å². The maximum absolute atomic E-state index is 13.9. The normalized spacial score (nSPS) is 15.4. The lowest BCUT2D eigenvalue weighted by Crippen LogP contribution is -2.43. The highest BCUT2D eigenvalue weighted by molar-refractivity contribution is 5.82. The van der Waals surface area contributed by atoms with Crippen LogP contribution in [0.3, 0.4) is 0 Å². The fraction of sp³-hybridized carbons (Fsp3) is 0.323. The van der Waals surface area contributed by atoms with Gasteiger partial charge in [-0.25, -0.2) is 9.97 Å². The minimum Gasteiger partial charge on any atom is -0.368 e. The third-order valence-electron chi connectivity index (χ3n) is 7.71. The summed E-state index contributed by atoms with van der Waals surface area (Å²) >= 11 is 0. The van der Waals surface area contributed by atoms with Crippen molar-refractivity contribution in [1.29, 1.82) is 5.26 Å². The van der Waals surface area contributed by atoms with Crippen LogP contribution in [0, 0.1) is 30.1 Å². The van der Waals surface area contributed by atoms with E-state index in [0.717, 1.165) is 74.1 Å². The number of rotatable bonds is 4. The van der Waals surface area contributed by atoms with Gasteiger partial charge in [-0.15, -0.1) is 0 Å². The predicted octanol–water partition coefficient (Wildman–Crippen LogP) is 4.03. The number of hydrogen-bond donors (Lipinski definition) is 2. The Balaban J connectivity index is 1.36. The van der Waals surface area contributed by atoms with Crippen LogP contribution in [-0.4, -0.2) is 45.7 Å². The standard InChI is InChI=1S/C31H30N8O/c1-21-26(12-10-22-6-8-23(18-32)9-7-22)30(40)39(24-4-2-3-5-24)29-27(21)20-35-31(37-29)36-28-13-11-25(19-34-28)38-16-14-33-15-17-38/h6-9,11,13,19-20,24,33H,2-5,14-17H2,1H3,(H,34,35,36,37). The van der Waals surface area contributed by atoms with Crippen molar-refractivity contribution in [3.05, 3.63) is 81.4 Å². The molecule has 0 bridgehead atoms. The van der Waals surface area contributed by atoms with Gasteiger partial charge in [-0.1, -0.05) is 24.7 Å². The number of nitrogens with zero attached hydrogens (tertiary/aromatic N) is 6. The lowest BCUT2D eigenvalue weighted by Gasteiger charge is -2.29. The molecule has 1 aromatic carbocycles. The Bertz CT molecular complexity index is 1700. The van der Waals surface area contributed by atoms with Crippen LogP contribution in [0.1, 0.15) is 54.0 Å². The minimum absolute atomic E-state index is 0.0743. The Labute approximate surface area is 232 Å². The molecule has 40 heavy (non-hydrogen) atoms. The third kappa shape index (κ3) is 5.12. The second kappa shape index (κ2) is 11.2. The van der Waals surface area contributed by atoms with E-state index in [-0.39, 0.29) is 11.6 Å². The van der Waals surface area contributed by atoms with Gasteiger partial charge in [0.15, 0.2) is 0 Å². The highest BCUT2D eigenvalue weighted by Crippen LogP contribution is 2.32. The molecule has 1 saturated carbocycles. The van der Waals surface area contributed by atoms with Gasteiger partial charge in [-0.2, -0.15) is 10.2 Å². The van der Waals surface area contributed by atoms with Crippen LogP contribution in [0.4, 0.5) is 17.5 Å². The van der Waals surface area contributed by atoms with Gasteiger partial charge in [0.2, 0.25) is 5.95 Å². The Morgan fingerprint density at radius 3 is 2.42 bits per heavy atom. The van der Waals surface area contributed by atoms with Gasteiger partial charge >= 0.3 is 0 Å². The number of pyridine rings is 2. The number of hydrogen-bond acceptors (Lipinski definition) is 8. The van der Waals surface area contributed by atoms with Crippen molar-refractivity contribution < 1.29 is 0 Å². The lowest BCUT2D eigenvalue weighted by molar-refractivity contribution is 0.515. The summed E-state index contributed by atoms with van der Waals surface area (Å²) in [4.78, 5) is 30.2. The van der Waals surface area contributed by atoms with Gasteiger partial charge in [0.05, 0.1) is 29.1 Å². The molecular weight excluding hydrogens is 500 g/mol. The molecular formula is C31H30N8O. The number of anilines is 3. The zero-order valence-corrected chi connectivity index (χ0v) is 22.4. The van der Waals surface area contributed by atoms with Gasteiger partial charge in [-0.05, 0) is 61.7 Å². The van der Waals surface area contributed by atoms with E-state index in [0.29, 0.717) is 28.5 Å². The van der Waals surface area contributed by atoms with E-state index in [9.17, 15) is 4.79 Å². The third-order valence-corrected chi connectivity index (χ3v) is 7.71. The van der Waals surface area contributed by atoms with Crippen LogP contribution in [0.15, 0.2) is 53.6 Å². The van der Waals surface area contributed by atoms with Gasteiger partial charge in [0.25, 0.3) is 5.56 Å². The molecule has 1 aliphatic carbocycles. The summed E-state index contributed by atoms with van der Waals surface area (Å²) in [6.45, 7) is 5.75. The Hall–Kier alpha value is -4.73. The van der Waals surface area contributed by atoms with Gasteiger partial charge in [0, 0.05) is 49.4 Å². The van der Waals surface area contributed by atoms with Gasteiger partial charge < -0.3 is 15.5 Å². The topological polar surface area (TPSA) is 112 Å². The van der Waals surface area contributed by atoms with Crippen molar-refractivity contribution in [2.75, 3.05) is 36.4 Å². The number of aryl methyl sites for hydroxylation is 1. The quantitative estimate of drug-likeness (QED) is 0.381. The molecule has 9 nitrogen and oxygen atoms in total. The van der Waals surface area contributed by atoms with Crippen LogP contribution in [0.25, 0.3) is 11.0 Å². The Kier molecular flexibility index (Phi) is 7.13. The molecule has 4 aromatic rings. The summed E-state index contributed by atoms with van der Waals surface area (Å²) in [5.74, 6) is 7.28. The summed E-state index contributed by atoms with van der Waals surface area (Å²) in [7, 11) is 0. The fourth-order valence-corrected chi connectivity index (χ4v) is 5.49. The zero-order valence-electron chi connectivity index (χ0n) is 22.4. The van der Waals surface area contributed by atoms with Gasteiger partial charge in [0.1, 0.15) is 11.5 Å². The number of fused-ring (bicyclic) bond motifs is 1. The lowest BCUT2D eigenvalue weighted by atomic mass is 10.1. The van der Waals surface area contributed by atoms with E-state index in [1.807, 2.05) is 23.8 Å². The van der Waals surface area contributed by atoms with Gasteiger partial charge in [-0.3, -0.25) is 9.36 Å². The van der Waals surface area contributed by atoms with E-state index in [1.165, 1.54) is 0 Å². The monoisotopic (exact) mass is 530 g/mol. The SMILES string of the molecule is Cc1c(C#Cc2ccc(C#N)cc2)c(=O)n(C2CCCC2)c2nc(Nc3ccc(N4CCNCC4)cn3)ncc12. The molecule has 1 aliphatic heterocycles. The zero-order chi connectivity index (χ0) is 27.5. The summed E-state index contributed by atoms with van der Waals surface area (Å²) < 4.78 is 1.83. The molecule has 2 N–H and O–H groups in total. The first kappa shape index (κ1) is 25.5. The fourth-order valence-electron chi connectivity index (χ4n) is 5.49. The van der Waals surface area contributed by atoms with Crippen LogP contribution in [-0.2, 0) is 0 Å². The highest BCUT2D eigenvalue weighted by Gasteiger charge is 2.24. The maximum atomic E-state index is 13.9. The first-order chi connectivity index (χ1) is 19.6. The van der Waals surface area contributed by atoms with Crippen LogP contribution < -0.4 is 21.1 Å². The minimum atomic E-state index is -0.124. The van der Waals surface area contributed by atoms with Crippen LogP contribution in [0.5, 0.6) is 0 Å². The average Bonchev–Trinajstić information content (AvgIpc) is 3.53. The largest absolute Gasteiger partial charge is 0.368 e. The molecule has 0 spiro atoms. The molecule has 0 unspecified atom stereocenters. The van der Waals surface area contributed by atoms with Crippen molar-refractivity contribution in [2.24, 2.45) is 0 Å². The first-order valence-electron chi connectivity index (χ1n) is 13.7. The predicted molar refractivity (Wildman–Crippen MR) is 156 cm³/mol. The molecule has 2 fully saturated rings. The van der Waals surface area contributed by atoms with E-state index >= 15 is 0 Å². The second-order valence-electron chi connectivity index (χ2n) is 10.2. The Morgan fingerprint density at radius 1 is 0.975 bits per heavy atom. The van der Waals surface area contributed by atoms with Crippen molar-refractivity contribution in [3.8, 4) is 17.9 Å². The second-order valence-corrected chi connectivity index (χ2v) is 10.2. The number of benzene rings is 1. The molecule has 3 aromatic heterocycles. The number of piperazine rings is 1. The van der Waals surface area contributed by atoms with Crippen molar-refractivity contribution in [3.63, 3.8) is 0 Å². The summed E-state index contributed by atoms with van der Waals surface area (Å²) in [6, 6.07) is 13.2. The van der Waals surface area contributed by atoms with E-state index in [2.05, 4.69) is 49.5 Å². The molecule has 0 amide bonds. The Morgan fingerprint density at radius 2 is 1.73 bits per heavy atom. The summed E-state index contributed by atoms with van der Waals surface area (Å²) in [6.07, 6.45) is 7.67. The van der Waals surface area contributed by atoms with Crippen molar-refractivity contribution in [2.45, 2.75) is 38.6 Å². The summed E-state index contributed by atoms with van der Waals surface area (Å²) in [5, 5.41) is 16.4. The molecule has 1 saturated heterocycles. The van der Waals surface area contributed by atoms with E-state index < -0.39 is 0 Å². The molecule has 6 rings (SSSR count). The first-order valence-corrected chi connectivity index (χ1v) is 13.7.